The van der Waals surface area contributed by atoms with E-state index >= 15 is 0 Å². The van der Waals surface area contributed by atoms with Gasteiger partial charge in [-0.1, -0.05) is 23.2 Å². The van der Waals surface area contributed by atoms with Gasteiger partial charge in [-0.25, -0.2) is 18.7 Å². The number of halogens is 4. The SMILES string of the molecule is Cc1nc2ccc(F)cc2n1-c1cc(Cl)c(F)c(Cl)n1. The Balaban J connectivity index is 2.34. The summed E-state index contributed by atoms with van der Waals surface area (Å²) in [6.07, 6.45) is 0. The normalized spacial score (nSPS) is 11.2. The summed E-state index contributed by atoms with van der Waals surface area (Å²) in [5.74, 6) is -0.341. The van der Waals surface area contributed by atoms with Gasteiger partial charge in [-0.05, 0) is 19.1 Å². The van der Waals surface area contributed by atoms with Gasteiger partial charge in [0.05, 0.1) is 16.1 Å². The molecule has 1 aromatic carbocycles. The molecule has 0 amide bonds. The Morgan fingerprint density at radius 3 is 2.55 bits per heavy atom. The molecule has 0 N–H and O–H groups in total. The molecule has 0 unspecified atom stereocenters. The molecule has 102 valence electrons. The van der Waals surface area contributed by atoms with Gasteiger partial charge in [0.25, 0.3) is 0 Å². The first kappa shape index (κ1) is 13.3. The standard InChI is InChI=1S/C13H7Cl2F2N3/c1-6-18-9-3-2-7(16)4-10(9)20(6)11-5-8(14)12(17)13(15)19-11/h2-5H,1H3. The average molecular weight is 314 g/mol. The average Bonchev–Trinajstić information content (AvgIpc) is 2.70. The number of imidazole rings is 1. The zero-order valence-corrected chi connectivity index (χ0v) is 11.7. The predicted octanol–water partition coefficient (Wildman–Crippen LogP) is 4.31. The Hall–Kier alpha value is -1.72. The fourth-order valence-electron chi connectivity index (χ4n) is 2.03. The molecule has 0 aliphatic carbocycles. The van der Waals surface area contributed by atoms with Gasteiger partial charge < -0.3 is 0 Å². The highest BCUT2D eigenvalue weighted by Gasteiger charge is 2.15. The first-order chi connectivity index (χ1) is 9.47. The lowest BCUT2D eigenvalue weighted by Gasteiger charge is -2.07. The number of fused-ring (bicyclic) bond motifs is 1. The molecule has 0 aliphatic rings. The van der Waals surface area contributed by atoms with Crippen molar-refractivity contribution < 1.29 is 8.78 Å². The van der Waals surface area contributed by atoms with E-state index in [2.05, 4.69) is 9.97 Å². The summed E-state index contributed by atoms with van der Waals surface area (Å²) in [4.78, 5) is 8.21. The van der Waals surface area contributed by atoms with E-state index in [1.54, 1.807) is 17.6 Å². The van der Waals surface area contributed by atoms with Gasteiger partial charge in [0, 0.05) is 12.1 Å². The second-order valence-electron chi connectivity index (χ2n) is 4.19. The van der Waals surface area contributed by atoms with E-state index in [0.29, 0.717) is 16.9 Å². The first-order valence-electron chi connectivity index (χ1n) is 5.64. The van der Waals surface area contributed by atoms with Crippen LogP contribution in [0, 0.1) is 18.6 Å². The van der Waals surface area contributed by atoms with Gasteiger partial charge >= 0.3 is 0 Å². The number of hydrogen-bond donors (Lipinski definition) is 0. The van der Waals surface area contributed by atoms with Crippen molar-refractivity contribution in [2.75, 3.05) is 0 Å². The highest BCUT2D eigenvalue weighted by atomic mass is 35.5. The minimum Gasteiger partial charge on any atom is -0.280 e. The van der Waals surface area contributed by atoms with Crippen LogP contribution in [0.3, 0.4) is 0 Å². The van der Waals surface area contributed by atoms with Crippen LogP contribution >= 0.6 is 23.2 Å². The molecule has 0 atom stereocenters. The highest BCUT2D eigenvalue weighted by Crippen LogP contribution is 2.27. The lowest BCUT2D eigenvalue weighted by Crippen LogP contribution is -2.01. The second kappa shape index (κ2) is 4.68. The molecule has 0 saturated heterocycles. The first-order valence-corrected chi connectivity index (χ1v) is 6.39. The van der Waals surface area contributed by atoms with Gasteiger partial charge in [0.2, 0.25) is 0 Å². The van der Waals surface area contributed by atoms with Gasteiger partial charge in [-0.3, -0.25) is 4.57 Å². The Morgan fingerprint density at radius 2 is 1.85 bits per heavy atom. The summed E-state index contributed by atoms with van der Waals surface area (Å²) in [6.45, 7) is 1.73. The molecule has 0 saturated carbocycles. The molecule has 0 bridgehead atoms. The minimum atomic E-state index is -0.787. The molecular formula is C13H7Cl2F2N3. The third kappa shape index (κ3) is 2.03. The molecule has 0 aliphatic heterocycles. The molecule has 0 spiro atoms. The molecule has 2 aromatic heterocycles. The van der Waals surface area contributed by atoms with Crippen molar-refractivity contribution in [3.63, 3.8) is 0 Å². The van der Waals surface area contributed by atoms with Crippen LogP contribution in [0.1, 0.15) is 5.82 Å². The van der Waals surface area contributed by atoms with E-state index in [-0.39, 0.29) is 16.0 Å². The molecule has 7 heteroatoms. The quantitative estimate of drug-likeness (QED) is 0.627. The molecule has 3 aromatic rings. The molecule has 2 heterocycles. The third-order valence-electron chi connectivity index (χ3n) is 2.87. The monoisotopic (exact) mass is 313 g/mol. The van der Waals surface area contributed by atoms with Gasteiger partial charge in [0.1, 0.15) is 17.5 Å². The van der Waals surface area contributed by atoms with Gasteiger partial charge in [-0.15, -0.1) is 0 Å². The summed E-state index contributed by atoms with van der Waals surface area (Å²) in [5, 5.41) is -0.497. The summed E-state index contributed by atoms with van der Waals surface area (Å²) in [5.41, 5.74) is 1.11. The molecular weight excluding hydrogens is 307 g/mol. The van der Waals surface area contributed by atoms with Crippen LogP contribution < -0.4 is 0 Å². The van der Waals surface area contributed by atoms with Crippen LogP contribution in [0.15, 0.2) is 24.3 Å². The van der Waals surface area contributed by atoms with Crippen molar-refractivity contribution >= 4 is 34.2 Å². The van der Waals surface area contributed by atoms with Crippen LogP contribution in [-0.2, 0) is 0 Å². The number of nitrogens with zero attached hydrogens (tertiary/aromatic N) is 3. The molecule has 0 radical (unpaired) electrons. The van der Waals surface area contributed by atoms with E-state index in [9.17, 15) is 8.78 Å². The van der Waals surface area contributed by atoms with Crippen molar-refractivity contribution in [3.05, 3.63) is 51.9 Å². The summed E-state index contributed by atoms with van der Waals surface area (Å²) < 4.78 is 28.4. The van der Waals surface area contributed by atoms with Crippen molar-refractivity contribution in [1.29, 1.82) is 0 Å². The van der Waals surface area contributed by atoms with Gasteiger partial charge in [-0.2, -0.15) is 0 Å². The van der Waals surface area contributed by atoms with E-state index in [1.807, 2.05) is 0 Å². The number of benzene rings is 1. The maximum absolute atomic E-state index is 13.4. The van der Waals surface area contributed by atoms with Gasteiger partial charge in [0.15, 0.2) is 11.0 Å². The highest BCUT2D eigenvalue weighted by molar-refractivity contribution is 6.34. The number of aryl methyl sites for hydroxylation is 1. The number of aromatic nitrogens is 3. The zero-order valence-electron chi connectivity index (χ0n) is 10.2. The van der Waals surface area contributed by atoms with Crippen LogP contribution in [0.5, 0.6) is 0 Å². The predicted molar refractivity (Wildman–Crippen MR) is 73.5 cm³/mol. The lowest BCUT2D eigenvalue weighted by molar-refractivity contribution is 0.621. The number of hydrogen-bond acceptors (Lipinski definition) is 2. The topological polar surface area (TPSA) is 30.7 Å². The van der Waals surface area contributed by atoms with E-state index in [1.165, 1.54) is 18.2 Å². The van der Waals surface area contributed by atoms with Crippen molar-refractivity contribution in [2.24, 2.45) is 0 Å². The maximum Gasteiger partial charge on any atom is 0.179 e. The molecule has 3 nitrogen and oxygen atoms in total. The molecule has 3 rings (SSSR count). The number of rotatable bonds is 1. The van der Waals surface area contributed by atoms with Crippen LogP contribution in [0.2, 0.25) is 10.2 Å². The van der Waals surface area contributed by atoms with Crippen LogP contribution in [0.25, 0.3) is 16.9 Å². The Morgan fingerprint density at radius 1 is 1.10 bits per heavy atom. The Labute approximate surface area is 122 Å². The van der Waals surface area contributed by atoms with Crippen LogP contribution in [0.4, 0.5) is 8.78 Å². The van der Waals surface area contributed by atoms with Crippen LogP contribution in [-0.4, -0.2) is 14.5 Å². The largest absolute Gasteiger partial charge is 0.280 e. The molecule has 0 fully saturated rings. The smallest absolute Gasteiger partial charge is 0.179 e. The van der Waals surface area contributed by atoms with Crippen molar-refractivity contribution in [2.45, 2.75) is 6.92 Å². The van der Waals surface area contributed by atoms with E-state index < -0.39 is 11.6 Å². The maximum atomic E-state index is 13.4. The summed E-state index contributed by atoms with van der Waals surface area (Å²) in [6, 6.07) is 5.52. The fraction of sp³-hybridized carbons (Fsp3) is 0.0769. The summed E-state index contributed by atoms with van der Waals surface area (Å²) in [7, 11) is 0. The Bertz CT molecular complexity index is 807. The lowest BCUT2D eigenvalue weighted by atomic mass is 10.3. The fourth-order valence-corrected chi connectivity index (χ4v) is 2.45. The second-order valence-corrected chi connectivity index (χ2v) is 4.96. The van der Waals surface area contributed by atoms with Crippen molar-refractivity contribution in [3.8, 4) is 5.82 Å². The minimum absolute atomic E-state index is 0.155. The number of pyridine rings is 1. The third-order valence-corrected chi connectivity index (χ3v) is 3.40. The molecule has 20 heavy (non-hydrogen) atoms. The summed E-state index contributed by atoms with van der Waals surface area (Å²) >= 11 is 11.5. The van der Waals surface area contributed by atoms with Crippen molar-refractivity contribution in [1.82, 2.24) is 14.5 Å². The van der Waals surface area contributed by atoms with E-state index in [0.717, 1.165) is 0 Å². The Kier molecular flexibility index (Phi) is 3.11. The zero-order chi connectivity index (χ0) is 14.4. The van der Waals surface area contributed by atoms with E-state index in [4.69, 9.17) is 23.2 Å².